The van der Waals surface area contributed by atoms with Gasteiger partial charge in [0.05, 0.1) is 38.6 Å². The van der Waals surface area contributed by atoms with Crippen LogP contribution in [0.4, 0.5) is 0 Å². The quantitative estimate of drug-likeness (QED) is 0.349. The van der Waals surface area contributed by atoms with Gasteiger partial charge >= 0.3 is 11.9 Å². The summed E-state index contributed by atoms with van der Waals surface area (Å²) in [5.41, 5.74) is 5.73. The zero-order valence-corrected chi connectivity index (χ0v) is 16.1. The number of carbonyl (C=O) groups is 2. The van der Waals surface area contributed by atoms with E-state index in [1.54, 1.807) is 27.7 Å². The number of rotatable bonds is 14. The van der Waals surface area contributed by atoms with Crippen LogP contribution < -0.4 is 5.73 Å². The van der Waals surface area contributed by atoms with Gasteiger partial charge in [-0.1, -0.05) is 0 Å². The summed E-state index contributed by atoms with van der Waals surface area (Å²) in [4.78, 5) is 23.6. The number of esters is 2. The molecule has 0 aromatic rings. The van der Waals surface area contributed by atoms with Gasteiger partial charge in [-0.15, -0.1) is 0 Å². The SMILES string of the molecule is CC(CO)OCC(C)OC(=O)CCC(N)C(=O)OC(C)COC(C)CO. The number of hydrogen-bond acceptors (Lipinski definition) is 9. The Labute approximate surface area is 154 Å². The van der Waals surface area contributed by atoms with Gasteiger partial charge < -0.3 is 34.9 Å². The summed E-state index contributed by atoms with van der Waals surface area (Å²) in [5.74, 6) is -1.12. The van der Waals surface area contributed by atoms with E-state index in [9.17, 15) is 9.59 Å². The van der Waals surface area contributed by atoms with E-state index >= 15 is 0 Å². The average Bonchev–Trinajstić information content (AvgIpc) is 2.61. The van der Waals surface area contributed by atoms with Gasteiger partial charge in [0.2, 0.25) is 0 Å². The highest BCUT2D eigenvalue weighted by Crippen LogP contribution is 2.05. The Balaban J connectivity index is 4.02. The van der Waals surface area contributed by atoms with E-state index < -0.39 is 30.2 Å². The molecular weight excluding hydrogens is 346 g/mol. The lowest BCUT2D eigenvalue weighted by Crippen LogP contribution is -2.36. The van der Waals surface area contributed by atoms with Crippen molar-refractivity contribution in [3.63, 3.8) is 0 Å². The van der Waals surface area contributed by atoms with Gasteiger partial charge in [-0.05, 0) is 34.1 Å². The van der Waals surface area contributed by atoms with Gasteiger partial charge in [0.25, 0.3) is 0 Å². The lowest BCUT2D eigenvalue weighted by molar-refractivity contribution is -0.155. The summed E-state index contributed by atoms with van der Waals surface area (Å²) in [6.07, 6.45) is -1.58. The van der Waals surface area contributed by atoms with Crippen LogP contribution in [-0.4, -0.2) is 79.0 Å². The molecule has 0 radical (unpaired) electrons. The molecule has 0 heterocycles. The first-order valence-corrected chi connectivity index (χ1v) is 8.80. The third kappa shape index (κ3) is 12.2. The molecule has 0 saturated heterocycles. The molecule has 0 aliphatic carbocycles. The molecule has 154 valence electrons. The lowest BCUT2D eigenvalue weighted by atomic mass is 10.1. The first-order valence-electron chi connectivity index (χ1n) is 8.80. The Hall–Kier alpha value is -1.26. The second-order valence-electron chi connectivity index (χ2n) is 6.35. The summed E-state index contributed by atoms with van der Waals surface area (Å²) in [5, 5.41) is 17.7. The van der Waals surface area contributed by atoms with E-state index in [4.69, 9.17) is 34.9 Å². The molecule has 0 amide bonds. The van der Waals surface area contributed by atoms with Gasteiger partial charge in [-0.2, -0.15) is 0 Å². The van der Waals surface area contributed by atoms with Crippen LogP contribution in [0.3, 0.4) is 0 Å². The highest BCUT2D eigenvalue weighted by Gasteiger charge is 2.21. The van der Waals surface area contributed by atoms with Gasteiger partial charge in [0.15, 0.2) is 0 Å². The Bertz CT molecular complexity index is 406. The van der Waals surface area contributed by atoms with Crippen LogP contribution >= 0.6 is 0 Å². The van der Waals surface area contributed by atoms with Crippen LogP contribution in [0.1, 0.15) is 40.5 Å². The van der Waals surface area contributed by atoms with E-state index in [1.165, 1.54) is 0 Å². The Morgan fingerprint density at radius 1 is 0.846 bits per heavy atom. The molecule has 9 heteroatoms. The molecule has 5 atom stereocenters. The number of aliphatic hydroxyl groups is 2. The number of hydrogen-bond donors (Lipinski definition) is 3. The maximum Gasteiger partial charge on any atom is 0.323 e. The fourth-order valence-corrected chi connectivity index (χ4v) is 1.73. The molecule has 0 fully saturated rings. The minimum Gasteiger partial charge on any atom is -0.460 e. The smallest absolute Gasteiger partial charge is 0.323 e. The highest BCUT2D eigenvalue weighted by atomic mass is 16.6. The van der Waals surface area contributed by atoms with Crippen molar-refractivity contribution in [1.82, 2.24) is 0 Å². The molecule has 9 nitrogen and oxygen atoms in total. The van der Waals surface area contributed by atoms with Crippen molar-refractivity contribution in [1.29, 1.82) is 0 Å². The van der Waals surface area contributed by atoms with Crippen molar-refractivity contribution in [3.8, 4) is 0 Å². The molecule has 0 spiro atoms. The standard InChI is InChI=1S/C17H33NO8/c1-11(7-19)23-9-13(3)25-16(21)6-5-15(18)17(22)26-14(4)10-24-12(2)8-20/h11-15,19-20H,5-10,18H2,1-4H3. The average molecular weight is 379 g/mol. The van der Waals surface area contributed by atoms with Gasteiger partial charge in [-0.3, -0.25) is 9.59 Å². The molecule has 0 saturated carbocycles. The fourth-order valence-electron chi connectivity index (χ4n) is 1.73. The molecule has 0 rings (SSSR count). The molecule has 0 bridgehead atoms. The third-order valence-electron chi connectivity index (χ3n) is 3.36. The summed E-state index contributed by atoms with van der Waals surface area (Å²) in [7, 11) is 0. The van der Waals surface area contributed by atoms with Crippen LogP contribution in [0.25, 0.3) is 0 Å². The van der Waals surface area contributed by atoms with Crippen LogP contribution in [0.2, 0.25) is 0 Å². The molecule has 0 aromatic heterocycles. The summed E-state index contributed by atoms with van der Waals surface area (Å²) >= 11 is 0. The molecule has 0 aliphatic heterocycles. The number of ether oxygens (including phenoxy) is 4. The highest BCUT2D eigenvalue weighted by molar-refractivity contribution is 5.77. The zero-order chi connectivity index (χ0) is 20.1. The predicted molar refractivity (Wildman–Crippen MR) is 93.3 cm³/mol. The molecule has 26 heavy (non-hydrogen) atoms. The van der Waals surface area contributed by atoms with Gasteiger partial charge in [-0.25, -0.2) is 0 Å². The first-order chi connectivity index (χ1) is 12.2. The van der Waals surface area contributed by atoms with Gasteiger partial charge in [0.1, 0.15) is 18.2 Å². The Kier molecular flexibility index (Phi) is 13.2. The van der Waals surface area contributed by atoms with Crippen LogP contribution in [0.15, 0.2) is 0 Å². The van der Waals surface area contributed by atoms with Crippen molar-refractivity contribution in [2.75, 3.05) is 26.4 Å². The van der Waals surface area contributed by atoms with Crippen molar-refractivity contribution >= 4 is 11.9 Å². The van der Waals surface area contributed by atoms with E-state index in [0.717, 1.165) is 0 Å². The first kappa shape index (κ1) is 24.7. The molecular formula is C17H33NO8. The van der Waals surface area contributed by atoms with E-state index in [0.29, 0.717) is 0 Å². The van der Waals surface area contributed by atoms with E-state index in [-0.39, 0.29) is 51.5 Å². The summed E-state index contributed by atoms with van der Waals surface area (Å²) in [6, 6.07) is -0.943. The maximum atomic E-state index is 11.9. The lowest BCUT2D eigenvalue weighted by Gasteiger charge is -2.19. The zero-order valence-electron chi connectivity index (χ0n) is 16.1. The Morgan fingerprint density at radius 3 is 1.77 bits per heavy atom. The number of aliphatic hydroxyl groups excluding tert-OH is 2. The van der Waals surface area contributed by atoms with Crippen LogP contribution in [-0.2, 0) is 28.5 Å². The minimum atomic E-state index is -0.943. The molecule has 0 aliphatic rings. The Morgan fingerprint density at radius 2 is 1.31 bits per heavy atom. The van der Waals surface area contributed by atoms with Crippen molar-refractivity contribution in [2.45, 2.75) is 71.0 Å². The van der Waals surface area contributed by atoms with Gasteiger partial charge in [0, 0.05) is 6.42 Å². The normalized spacial score (nSPS) is 17.0. The van der Waals surface area contributed by atoms with E-state index in [2.05, 4.69) is 0 Å². The van der Waals surface area contributed by atoms with Crippen molar-refractivity contribution < 1.29 is 38.7 Å². The summed E-state index contributed by atoms with van der Waals surface area (Å²) in [6.45, 7) is 6.81. The second kappa shape index (κ2) is 13.9. The number of carbonyl (C=O) groups excluding carboxylic acids is 2. The van der Waals surface area contributed by atoms with Crippen LogP contribution in [0, 0.1) is 0 Å². The second-order valence-corrected chi connectivity index (χ2v) is 6.35. The molecule has 4 N–H and O–H groups in total. The monoisotopic (exact) mass is 379 g/mol. The molecule has 5 unspecified atom stereocenters. The third-order valence-corrected chi connectivity index (χ3v) is 3.36. The molecule has 0 aromatic carbocycles. The largest absolute Gasteiger partial charge is 0.460 e. The maximum absolute atomic E-state index is 11.9. The van der Waals surface area contributed by atoms with Crippen LogP contribution in [0.5, 0.6) is 0 Å². The van der Waals surface area contributed by atoms with Crippen molar-refractivity contribution in [2.24, 2.45) is 5.73 Å². The fraction of sp³-hybridized carbons (Fsp3) is 0.882. The minimum absolute atomic E-state index is 0.0252. The van der Waals surface area contributed by atoms with E-state index in [1.807, 2.05) is 0 Å². The predicted octanol–water partition coefficient (Wildman–Crippen LogP) is -0.248. The number of nitrogens with two attached hydrogens (primary N) is 1. The topological polar surface area (TPSA) is 138 Å². The summed E-state index contributed by atoms with van der Waals surface area (Å²) < 4.78 is 20.8. The van der Waals surface area contributed by atoms with Crippen molar-refractivity contribution in [3.05, 3.63) is 0 Å².